The molecule has 0 saturated heterocycles. The van der Waals surface area contributed by atoms with Gasteiger partial charge < -0.3 is 10.1 Å². The van der Waals surface area contributed by atoms with Crippen LogP contribution in [0.5, 0.6) is 5.75 Å². The second-order valence-corrected chi connectivity index (χ2v) is 10.2. The zero-order chi connectivity index (χ0) is 25.4. The predicted octanol–water partition coefficient (Wildman–Crippen LogP) is 5.10. The van der Waals surface area contributed by atoms with Crippen molar-refractivity contribution in [2.24, 2.45) is 0 Å². The molecule has 7 heteroatoms. The molecule has 0 fully saturated rings. The Morgan fingerprint density at radius 1 is 0.778 bits per heavy atom. The minimum absolute atomic E-state index is 0.110. The largest absolute Gasteiger partial charge is 0.489 e. The third kappa shape index (κ3) is 7.04. The lowest BCUT2D eigenvalue weighted by Crippen LogP contribution is -2.45. The number of rotatable bonds is 10. The molecule has 0 aliphatic heterocycles. The van der Waals surface area contributed by atoms with E-state index in [0.717, 1.165) is 16.7 Å². The SMILES string of the molecule is Cc1ccc(S(=O)(=O)N[C@@H](Cc2ccccc2)C(=O)Nc2ccc(OCc3ccccc3)cc2)cc1. The number of carbonyl (C=O) groups is 1. The van der Waals surface area contributed by atoms with Crippen molar-refractivity contribution in [3.63, 3.8) is 0 Å². The molecule has 36 heavy (non-hydrogen) atoms. The molecule has 4 aromatic rings. The van der Waals surface area contributed by atoms with Crippen molar-refractivity contribution in [3.8, 4) is 5.75 Å². The first-order valence-corrected chi connectivity index (χ1v) is 13.1. The Hall–Kier alpha value is -3.94. The molecule has 0 heterocycles. The Kier molecular flexibility index (Phi) is 8.15. The summed E-state index contributed by atoms with van der Waals surface area (Å²) in [5, 5.41) is 2.83. The van der Waals surface area contributed by atoms with E-state index >= 15 is 0 Å². The van der Waals surface area contributed by atoms with Crippen LogP contribution in [0.1, 0.15) is 16.7 Å². The van der Waals surface area contributed by atoms with Crippen LogP contribution in [0.2, 0.25) is 0 Å². The Balaban J connectivity index is 1.46. The molecule has 0 spiro atoms. The molecule has 0 aliphatic rings. The van der Waals surface area contributed by atoms with Crippen LogP contribution in [-0.2, 0) is 27.8 Å². The minimum Gasteiger partial charge on any atom is -0.489 e. The van der Waals surface area contributed by atoms with Gasteiger partial charge in [0.25, 0.3) is 0 Å². The van der Waals surface area contributed by atoms with Gasteiger partial charge in [-0.15, -0.1) is 0 Å². The average Bonchev–Trinajstić information content (AvgIpc) is 2.89. The summed E-state index contributed by atoms with van der Waals surface area (Å²) < 4.78 is 34.4. The van der Waals surface area contributed by atoms with Gasteiger partial charge in [-0.1, -0.05) is 78.4 Å². The van der Waals surface area contributed by atoms with Crippen molar-refractivity contribution in [1.29, 1.82) is 0 Å². The van der Waals surface area contributed by atoms with Crippen molar-refractivity contribution >= 4 is 21.6 Å². The zero-order valence-electron chi connectivity index (χ0n) is 19.9. The third-order valence-corrected chi connectivity index (χ3v) is 7.09. The monoisotopic (exact) mass is 500 g/mol. The molecular formula is C29H28N2O4S. The lowest BCUT2D eigenvalue weighted by molar-refractivity contribution is -0.117. The van der Waals surface area contributed by atoms with Crippen LogP contribution in [0.25, 0.3) is 0 Å². The Bertz CT molecular complexity index is 1370. The molecule has 2 N–H and O–H groups in total. The summed E-state index contributed by atoms with van der Waals surface area (Å²) in [4.78, 5) is 13.3. The van der Waals surface area contributed by atoms with Crippen LogP contribution in [0.15, 0.2) is 114 Å². The first-order chi connectivity index (χ1) is 17.4. The van der Waals surface area contributed by atoms with E-state index in [1.54, 1.807) is 36.4 Å². The molecule has 4 rings (SSSR count). The standard InChI is InChI=1S/C29H28N2O4S/c1-22-12-18-27(19-13-22)36(33,34)31-28(20-23-8-4-2-5-9-23)29(32)30-25-14-16-26(17-15-25)35-21-24-10-6-3-7-11-24/h2-19,28,31H,20-21H2,1H3,(H,30,32)/t28-/m0/s1. The van der Waals surface area contributed by atoms with Gasteiger partial charge in [0.1, 0.15) is 18.4 Å². The number of hydrogen-bond donors (Lipinski definition) is 2. The predicted molar refractivity (Wildman–Crippen MR) is 141 cm³/mol. The van der Waals surface area contributed by atoms with Gasteiger partial charge in [0.2, 0.25) is 15.9 Å². The molecule has 4 aromatic carbocycles. The van der Waals surface area contributed by atoms with E-state index in [9.17, 15) is 13.2 Å². The highest BCUT2D eigenvalue weighted by molar-refractivity contribution is 7.89. The van der Waals surface area contributed by atoms with Crippen molar-refractivity contribution in [1.82, 2.24) is 4.72 Å². The zero-order valence-corrected chi connectivity index (χ0v) is 20.7. The normalized spacial score (nSPS) is 12.0. The van der Waals surface area contributed by atoms with Gasteiger partial charge in [-0.05, 0) is 60.9 Å². The molecule has 6 nitrogen and oxygen atoms in total. The molecule has 1 atom stereocenters. The summed E-state index contributed by atoms with van der Waals surface area (Å²) in [7, 11) is -3.90. The highest BCUT2D eigenvalue weighted by atomic mass is 32.2. The smallest absolute Gasteiger partial charge is 0.242 e. The van der Waals surface area contributed by atoms with Gasteiger partial charge in [-0.2, -0.15) is 4.72 Å². The lowest BCUT2D eigenvalue weighted by atomic mass is 10.1. The molecule has 0 saturated carbocycles. The van der Waals surface area contributed by atoms with E-state index in [-0.39, 0.29) is 11.3 Å². The van der Waals surface area contributed by atoms with Gasteiger partial charge in [0.05, 0.1) is 4.90 Å². The highest BCUT2D eigenvalue weighted by Gasteiger charge is 2.26. The molecule has 0 aliphatic carbocycles. The van der Waals surface area contributed by atoms with Crippen LogP contribution < -0.4 is 14.8 Å². The summed E-state index contributed by atoms with van der Waals surface area (Å²) in [6, 6.07) is 31.6. The number of anilines is 1. The number of amides is 1. The molecule has 1 amide bonds. The lowest BCUT2D eigenvalue weighted by Gasteiger charge is -2.19. The second-order valence-electron chi connectivity index (χ2n) is 8.46. The molecule has 184 valence electrons. The van der Waals surface area contributed by atoms with Gasteiger partial charge in [0.15, 0.2) is 0 Å². The fraction of sp³-hybridized carbons (Fsp3) is 0.138. The number of aryl methyl sites for hydroxylation is 1. The van der Waals surface area contributed by atoms with Crippen molar-refractivity contribution < 1.29 is 17.9 Å². The topological polar surface area (TPSA) is 84.5 Å². The molecule has 0 aromatic heterocycles. The maximum atomic E-state index is 13.2. The maximum Gasteiger partial charge on any atom is 0.242 e. The number of sulfonamides is 1. The van der Waals surface area contributed by atoms with E-state index in [1.807, 2.05) is 67.6 Å². The van der Waals surface area contributed by atoms with Gasteiger partial charge in [0, 0.05) is 5.69 Å². The molecular weight excluding hydrogens is 472 g/mol. The Labute approximate surface area is 212 Å². The fourth-order valence-corrected chi connectivity index (χ4v) is 4.81. The van der Waals surface area contributed by atoms with Gasteiger partial charge in [-0.25, -0.2) is 8.42 Å². The van der Waals surface area contributed by atoms with Crippen LogP contribution in [0.4, 0.5) is 5.69 Å². The quantitative estimate of drug-likeness (QED) is 0.317. The Morgan fingerprint density at radius 3 is 1.97 bits per heavy atom. The summed E-state index contributed by atoms with van der Waals surface area (Å²) >= 11 is 0. The molecule has 0 unspecified atom stereocenters. The average molecular weight is 501 g/mol. The second kappa shape index (κ2) is 11.7. The van der Waals surface area contributed by atoms with Crippen LogP contribution in [-0.4, -0.2) is 20.4 Å². The van der Waals surface area contributed by atoms with Crippen LogP contribution in [0.3, 0.4) is 0 Å². The van der Waals surface area contributed by atoms with Crippen LogP contribution >= 0.6 is 0 Å². The van der Waals surface area contributed by atoms with Crippen LogP contribution in [0, 0.1) is 6.92 Å². The summed E-state index contributed by atoms with van der Waals surface area (Å²) in [5.74, 6) is 0.213. The number of hydrogen-bond acceptors (Lipinski definition) is 4. The first-order valence-electron chi connectivity index (χ1n) is 11.6. The number of carbonyl (C=O) groups excluding carboxylic acids is 1. The summed E-state index contributed by atoms with van der Waals surface area (Å²) in [5.41, 5.74) is 3.39. The van der Waals surface area contributed by atoms with Crippen molar-refractivity contribution in [3.05, 3.63) is 126 Å². The Morgan fingerprint density at radius 2 is 1.36 bits per heavy atom. The fourth-order valence-electron chi connectivity index (χ4n) is 3.62. The van der Waals surface area contributed by atoms with E-state index in [4.69, 9.17) is 4.74 Å². The molecule has 0 radical (unpaired) electrons. The number of nitrogens with one attached hydrogen (secondary N) is 2. The highest BCUT2D eigenvalue weighted by Crippen LogP contribution is 2.18. The van der Waals surface area contributed by atoms with E-state index in [1.165, 1.54) is 12.1 Å². The van der Waals surface area contributed by atoms with Gasteiger partial charge in [-0.3, -0.25) is 4.79 Å². The van der Waals surface area contributed by atoms with E-state index in [2.05, 4.69) is 10.0 Å². The van der Waals surface area contributed by atoms with Gasteiger partial charge >= 0.3 is 0 Å². The maximum absolute atomic E-state index is 13.2. The number of benzene rings is 4. The minimum atomic E-state index is -3.90. The summed E-state index contributed by atoms with van der Waals surface area (Å²) in [6.07, 6.45) is 0.204. The van der Waals surface area contributed by atoms with E-state index in [0.29, 0.717) is 18.0 Å². The summed E-state index contributed by atoms with van der Waals surface area (Å²) in [6.45, 7) is 2.32. The van der Waals surface area contributed by atoms with Crippen molar-refractivity contribution in [2.75, 3.05) is 5.32 Å². The third-order valence-electron chi connectivity index (χ3n) is 5.60. The van der Waals surface area contributed by atoms with E-state index < -0.39 is 22.0 Å². The number of ether oxygens (including phenoxy) is 1. The van der Waals surface area contributed by atoms with Crippen molar-refractivity contribution in [2.45, 2.75) is 30.9 Å². The first kappa shape index (κ1) is 25.2. The molecule has 0 bridgehead atoms.